The highest BCUT2D eigenvalue weighted by Crippen LogP contribution is 2.19. The molecule has 0 radical (unpaired) electrons. The lowest BCUT2D eigenvalue weighted by Gasteiger charge is -2.20. The van der Waals surface area contributed by atoms with Crippen molar-refractivity contribution in [3.8, 4) is 0 Å². The van der Waals surface area contributed by atoms with Crippen molar-refractivity contribution in [1.82, 2.24) is 5.32 Å². The van der Waals surface area contributed by atoms with Crippen LogP contribution in [0.4, 0.5) is 0 Å². The fourth-order valence-corrected chi connectivity index (χ4v) is 2.84. The molecule has 1 aromatic carbocycles. The summed E-state index contributed by atoms with van der Waals surface area (Å²) < 4.78 is 0.755. The van der Waals surface area contributed by atoms with Crippen LogP contribution in [0.5, 0.6) is 0 Å². The van der Waals surface area contributed by atoms with Gasteiger partial charge in [0.2, 0.25) is 0 Å². The molecule has 0 saturated carbocycles. The molecule has 0 fully saturated rings. The van der Waals surface area contributed by atoms with E-state index in [1.54, 1.807) is 18.2 Å². The number of nitrogens with one attached hydrogen (secondary N) is 1. The zero-order valence-electron chi connectivity index (χ0n) is 11.1. The van der Waals surface area contributed by atoms with Crippen LogP contribution in [0.3, 0.4) is 0 Å². The van der Waals surface area contributed by atoms with E-state index in [0.29, 0.717) is 10.6 Å². The highest BCUT2D eigenvalue weighted by molar-refractivity contribution is 9.10. The Labute approximate surface area is 127 Å². The topological polar surface area (TPSA) is 49.3 Å². The van der Waals surface area contributed by atoms with Gasteiger partial charge in [-0.05, 0) is 24.1 Å². The van der Waals surface area contributed by atoms with Crippen molar-refractivity contribution in [2.75, 3.05) is 6.54 Å². The Hall–Kier alpha value is -0.580. The Kier molecular flexibility index (Phi) is 6.83. The second-order valence-corrected chi connectivity index (χ2v) is 5.86. The number of hydrogen-bond acceptors (Lipinski definition) is 2. The number of amides is 1. The monoisotopic (exact) mass is 347 g/mol. The number of halogens is 2. The summed E-state index contributed by atoms with van der Waals surface area (Å²) in [4.78, 5) is 12.0. The minimum atomic E-state index is -0.512. The Morgan fingerprint density at radius 3 is 2.53 bits per heavy atom. The normalized spacial score (nSPS) is 12.5. The van der Waals surface area contributed by atoms with Gasteiger partial charge in [0.15, 0.2) is 0 Å². The van der Waals surface area contributed by atoms with Gasteiger partial charge in [0.05, 0.1) is 6.10 Å². The summed E-state index contributed by atoms with van der Waals surface area (Å²) in [6.07, 6.45) is 1.29. The number of benzene rings is 1. The minimum absolute atomic E-state index is 0.214. The molecule has 19 heavy (non-hydrogen) atoms. The Morgan fingerprint density at radius 2 is 2.00 bits per heavy atom. The van der Waals surface area contributed by atoms with E-state index >= 15 is 0 Å². The largest absolute Gasteiger partial charge is 0.391 e. The first-order valence-electron chi connectivity index (χ1n) is 6.40. The smallest absolute Gasteiger partial charge is 0.251 e. The summed E-state index contributed by atoms with van der Waals surface area (Å²) in [7, 11) is 0. The molecule has 0 aromatic heterocycles. The van der Waals surface area contributed by atoms with E-state index in [9.17, 15) is 9.90 Å². The third kappa shape index (κ3) is 5.13. The van der Waals surface area contributed by atoms with Gasteiger partial charge >= 0.3 is 0 Å². The van der Waals surface area contributed by atoms with Crippen LogP contribution in [0.25, 0.3) is 0 Å². The molecule has 1 unspecified atom stereocenters. The van der Waals surface area contributed by atoms with E-state index in [0.717, 1.165) is 17.3 Å². The maximum atomic E-state index is 12.0. The van der Waals surface area contributed by atoms with Crippen molar-refractivity contribution in [2.24, 2.45) is 5.92 Å². The Morgan fingerprint density at radius 1 is 1.37 bits per heavy atom. The molecule has 0 aliphatic rings. The van der Waals surface area contributed by atoms with E-state index in [1.807, 2.05) is 13.8 Å². The summed E-state index contributed by atoms with van der Waals surface area (Å²) in [6, 6.07) is 5.02. The highest BCUT2D eigenvalue weighted by Gasteiger charge is 2.16. The average molecular weight is 349 g/mol. The number of carbonyl (C=O) groups excluding carboxylic acids is 1. The molecule has 0 heterocycles. The van der Waals surface area contributed by atoms with Crippen LogP contribution < -0.4 is 5.32 Å². The van der Waals surface area contributed by atoms with Crippen LogP contribution in [0.2, 0.25) is 5.02 Å². The van der Waals surface area contributed by atoms with E-state index in [2.05, 4.69) is 21.2 Å². The number of aliphatic hydroxyl groups is 1. The molecule has 106 valence electrons. The van der Waals surface area contributed by atoms with Crippen LogP contribution in [-0.2, 0) is 0 Å². The van der Waals surface area contributed by atoms with Gasteiger partial charge in [0, 0.05) is 21.6 Å². The summed E-state index contributed by atoms with van der Waals surface area (Å²) in [5.74, 6) is -0.0143. The zero-order valence-corrected chi connectivity index (χ0v) is 13.5. The molecular formula is C14H19BrClNO2. The van der Waals surface area contributed by atoms with Gasteiger partial charge in [-0.15, -0.1) is 0 Å². The summed E-state index contributed by atoms with van der Waals surface area (Å²) in [5, 5.41) is 13.2. The number of hydrogen-bond donors (Lipinski definition) is 2. The average Bonchev–Trinajstić information content (AvgIpc) is 2.36. The van der Waals surface area contributed by atoms with Crippen molar-refractivity contribution < 1.29 is 9.90 Å². The lowest BCUT2D eigenvalue weighted by Crippen LogP contribution is -2.36. The molecule has 0 bridgehead atoms. The van der Waals surface area contributed by atoms with Gasteiger partial charge in [-0.2, -0.15) is 0 Å². The summed E-state index contributed by atoms with van der Waals surface area (Å²) in [5.41, 5.74) is 0.483. The third-order valence-corrected chi connectivity index (χ3v) is 3.87. The standard InChI is InChI=1S/C14H19BrClNO2/c1-3-9(4-2)13(18)8-17-14(19)10-5-11(15)7-12(16)6-10/h5-7,9,13,18H,3-4,8H2,1-2H3,(H,17,19). The van der Waals surface area contributed by atoms with Crippen LogP contribution in [0.1, 0.15) is 37.0 Å². The van der Waals surface area contributed by atoms with Crippen LogP contribution >= 0.6 is 27.5 Å². The molecule has 0 spiro atoms. The fraction of sp³-hybridized carbons (Fsp3) is 0.500. The lowest BCUT2D eigenvalue weighted by molar-refractivity contribution is 0.0816. The molecule has 5 heteroatoms. The Balaban J connectivity index is 2.60. The van der Waals surface area contributed by atoms with E-state index in [1.165, 1.54) is 0 Å². The molecular weight excluding hydrogens is 330 g/mol. The van der Waals surface area contributed by atoms with E-state index < -0.39 is 6.10 Å². The van der Waals surface area contributed by atoms with Gasteiger partial charge < -0.3 is 10.4 Å². The molecule has 1 aromatic rings. The van der Waals surface area contributed by atoms with Gasteiger partial charge in [0.1, 0.15) is 0 Å². The lowest BCUT2D eigenvalue weighted by atomic mass is 9.96. The summed E-state index contributed by atoms with van der Waals surface area (Å²) >= 11 is 9.19. The first-order valence-corrected chi connectivity index (χ1v) is 7.57. The molecule has 0 saturated heterocycles. The van der Waals surface area contributed by atoms with Crippen molar-refractivity contribution >= 4 is 33.4 Å². The maximum Gasteiger partial charge on any atom is 0.251 e. The van der Waals surface area contributed by atoms with Crippen LogP contribution in [-0.4, -0.2) is 23.7 Å². The van der Waals surface area contributed by atoms with Gasteiger partial charge in [-0.25, -0.2) is 0 Å². The second-order valence-electron chi connectivity index (χ2n) is 4.51. The van der Waals surface area contributed by atoms with E-state index in [4.69, 9.17) is 11.6 Å². The fourth-order valence-electron chi connectivity index (χ4n) is 1.98. The first-order chi connectivity index (χ1) is 8.97. The number of aliphatic hydroxyl groups excluding tert-OH is 1. The second kappa shape index (κ2) is 7.88. The molecule has 3 nitrogen and oxygen atoms in total. The minimum Gasteiger partial charge on any atom is -0.391 e. The number of carbonyl (C=O) groups is 1. The molecule has 0 aliphatic heterocycles. The van der Waals surface area contributed by atoms with Crippen molar-refractivity contribution in [2.45, 2.75) is 32.8 Å². The maximum absolute atomic E-state index is 12.0. The third-order valence-electron chi connectivity index (χ3n) is 3.19. The highest BCUT2D eigenvalue weighted by atomic mass is 79.9. The molecule has 1 rings (SSSR count). The molecule has 2 N–H and O–H groups in total. The van der Waals surface area contributed by atoms with Gasteiger partial charge in [0.25, 0.3) is 5.91 Å². The first kappa shape index (κ1) is 16.5. The summed E-state index contributed by atoms with van der Waals surface area (Å²) in [6.45, 7) is 4.33. The van der Waals surface area contributed by atoms with Crippen LogP contribution in [0.15, 0.2) is 22.7 Å². The zero-order chi connectivity index (χ0) is 14.4. The molecule has 1 amide bonds. The Bertz CT molecular complexity index is 415. The SMILES string of the molecule is CCC(CC)C(O)CNC(=O)c1cc(Cl)cc(Br)c1. The predicted octanol–water partition coefficient (Wildman–Crippen LogP) is 3.63. The van der Waals surface area contributed by atoms with E-state index in [-0.39, 0.29) is 18.4 Å². The molecule has 1 atom stereocenters. The van der Waals surface area contributed by atoms with Crippen LogP contribution in [0, 0.1) is 5.92 Å². The quantitative estimate of drug-likeness (QED) is 0.825. The van der Waals surface area contributed by atoms with Gasteiger partial charge in [-0.1, -0.05) is 54.2 Å². The van der Waals surface area contributed by atoms with Crippen molar-refractivity contribution in [3.05, 3.63) is 33.3 Å². The predicted molar refractivity (Wildman–Crippen MR) is 81.6 cm³/mol. The van der Waals surface area contributed by atoms with Crippen molar-refractivity contribution in [3.63, 3.8) is 0 Å². The van der Waals surface area contributed by atoms with Crippen molar-refractivity contribution in [1.29, 1.82) is 0 Å². The number of rotatable bonds is 6. The van der Waals surface area contributed by atoms with Gasteiger partial charge in [-0.3, -0.25) is 4.79 Å². The molecule has 0 aliphatic carbocycles.